The zero-order chi connectivity index (χ0) is 17.8. The van der Waals surface area contributed by atoms with E-state index < -0.39 is 10.9 Å². The number of nitro benzene ring substituents is 1. The second kappa shape index (κ2) is 7.35. The smallest absolute Gasteiger partial charge is 0.325 e. The summed E-state index contributed by atoms with van der Waals surface area (Å²) in [6, 6.07) is 12.8. The van der Waals surface area contributed by atoms with Gasteiger partial charge in [0.2, 0.25) is 0 Å². The molecule has 0 radical (unpaired) electrons. The standard InChI is InChI=1S/C17H15N3O4S/c1-24-16(21)9-19-11-18-17-14(19)7-13(20(22)23)8-15(17)25-10-12-5-3-2-4-6-12/h2-8,11H,9-10H2,1H3. The fourth-order valence-corrected chi connectivity index (χ4v) is 3.41. The molecular weight excluding hydrogens is 342 g/mol. The van der Waals surface area contributed by atoms with Gasteiger partial charge in [0.25, 0.3) is 5.69 Å². The van der Waals surface area contributed by atoms with E-state index in [2.05, 4.69) is 9.72 Å². The monoisotopic (exact) mass is 357 g/mol. The van der Waals surface area contributed by atoms with Crippen LogP contribution in [-0.2, 0) is 21.8 Å². The first-order valence-corrected chi connectivity index (χ1v) is 8.44. The number of methoxy groups -OCH3 is 1. The molecule has 3 rings (SSSR count). The molecule has 1 heterocycles. The van der Waals surface area contributed by atoms with Crippen molar-refractivity contribution in [2.75, 3.05) is 7.11 Å². The molecule has 0 aliphatic rings. The number of carbonyl (C=O) groups is 1. The number of ether oxygens (including phenoxy) is 1. The lowest BCUT2D eigenvalue weighted by Gasteiger charge is -2.06. The largest absolute Gasteiger partial charge is 0.468 e. The number of carbonyl (C=O) groups excluding carboxylic acids is 1. The van der Waals surface area contributed by atoms with E-state index in [1.54, 1.807) is 4.57 Å². The zero-order valence-electron chi connectivity index (χ0n) is 13.4. The maximum atomic E-state index is 11.5. The molecule has 0 bridgehead atoms. The molecule has 25 heavy (non-hydrogen) atoms. The van der Waals surface area contributed by atoms with E-state index in [4.69, 9.17) is 0 Å². The lowest BCUT2D eigenvalue weighted by atomic mass is 10.2. The van der Waals surface area contributed by atoms with Gasteiger partial charge < -0.3 is 9.30 Å². The molecule has 8 heteroatoms. The molecule has 0 aliphatic heterocycles. The summed E-state index contributed by atoms with van der Waals surface area (Å²) >= 11 is 1.48. The van der Waals surface area contributed by atoms with Crippen LogP contribution in [0.15, 0.2) is 53.7 Å². The van der Waals surface area contributed by atoms with E-state index in [0.29, 0.717) is 21.7 Å². The Morgan fingerprint density at radius 1 is 1.32 bits per heavy atom. The van der Waals surface area contributed by atoms with E-state index in [9.17, 15) is 14.9 Å². The summed E-state index contributed by atoms with van der Waals surface area (Å²) in [7, 11) is 1.30. The second-order valence-corrected chi connectivity index (χ2v) is 6.31. The molecule has 128 valence electrons. The van der Waals surface area contributed by atoms with E-state index in [0.717, 1.165) is 5.56 Å². The number of hydrogen-bond donors (Lipinski definition) is 0. The van der Waals surface area contributed by atoms with Crippen LogP contribution in [0.3, 0.4) is 0 Å². The van der Waals surface area contributed by atoms with Gasteiger partial charge in [0.1, 0.15) is 12.1 Å². The Labute approximate surface area is 147 Å². The number of benzene rings is 2. The summed E-state index contributed by atoms with van der Waals surface area (Å²) < 4.78 is 6.22. The summed E-state index contributed by atoms with van der Waals surface area (Å²) in [5.41, 5.74) is 2.25. The molecule has 0 spiro atoms. The molecule has 7 nitrogen and oxygen atoms in total. The number of rotatable bonds is 6. The van der Waals surface area contributed by atoms with Crippen LogP contribution in [0.1, 0.15) is 5.56 Å². The van der Waals surface area contributed by atoms with E-state index in [1.807, 2.05) is 30.3 Å². The van der Waals surface area contributed by atoms with Crippen LogP contribution in [0.5, 0.6) is 0 Å². The van der Waals surface area contributed by atoms with Crippen molar-refractivity contribution >= 4 is 34.5 Å². The molecule has 0 unspecified atom stereocenters. The van der Waals surface area contributed by atoms with Crippen molar-refractivity contribution in [3.05, 3.63) is 64.5 Å². The highest BCUT2D eigenvalue weighted by atomic mass is 32.2. The Balaban J connectivity index is 1.98. The van der Waals surface area contributed by atoms with Crippen LogP contribution in [-0.4, -0.2) is 27.6 Å². The average molecular weight is 357 g/mol. The van der Waals surface area contributed by atoms with Crippen LogP contribution in [0.4, 0.5) is 5.69 Å². The molecule has 3 aromatic rings. The van der Waals surface area contributed by atoms with Crippen molar-refractivity contribution in [1.29, 1.82) is 0 Å². The van der Waals surface area contributed by atoms with Crippen molar-refractivity contribution in [2.45, 2.75) is 17.2 Å². The molecule has 0 saturated heterocycles. The average Bonchev–Trinajstić information content (AvgIpc) is 3.03. The Morgan fingerprint density at radius 3 is 2.76 bits per heavy atom. The number of fused-ring (bicyclic) bond motifs is 1. The van der Waals surface area contributed by atoms with E-state index in [1.165, 1.54) is 37.3 Å². The van der Waals surface area contributed by atoms with Gasteiger partial charge in [-0.15, -0.1) is 11.8 Å². The van der Waals surface area contributed by atoms with E-state index in [-0.39, 0.29) is 12.2 Å². The molecule has 0 atom stereocenters. The number of esters is 1. The van der Waals surface area contributed by atoms with Gasteiger partial charge in [-0.25, -0.2) is 4.98 Å². The fourth-order valence-electron chi connectivity index (χ4n) is 2.40. The van der Waals surface area contributed by atoms with Crippen LogP contribution >= 0.6 is 11.8 Å². The van der Waals surface area contributed by atoms with Crippen LogP contribution < -0.4 is 0 Å². The number of thioether (sulfide) groups is 1. The zero-order valence-corrected chi connectivity index (χ0v) is 14.2. The molecule has 2 aromatic carbocycles. The summed E-state index contributed by atoms with van der Waals surface area (Å²) in [6.45, 7) is -0.0447. The topological polar surface area (TPSA) is 87.3 Å². The van der Waals surface area contributed by atoms with Gasteiger partial charge in [-0.2, -0.15) is 0 Å². The SMILES string of the molecule is COC(=O)Cn1cnc2c(SCc3ccccc3)cc([N+](=O)[O-])cc21. The Kier molecular flexibility index (Phi) is 4.99. The van der Waals surface area contributed by atoms with Gasteiger partial charge in [0.05, 0.1) is 23.9 Å². The van der Waals surface area contributed by atoms with Crippen LogP contribution in [0.25, 0.3) is 11.0 Å². The van der Waals surface area contributed by atoms with Gasteiger partial charge in [0, 0.05) is 22.8 Å². The predicted molar refractivity (Wildman–Crippen MR) is 94.4 cm³/mol. The quantitative estimate of drug-likeness (QED) is 0.291. The van der Waals surface area contributed by atoms with Crippen molar-refractivity contribution in [3.63, 3.8) is 0 Å². The van der Waals surface area contributed by atoms with Crippen molar-refractivity contribution in [3.8, 4) is 0 Å². The lowest BCUT2D eigenvalue weighted by molar-refractivity contribution is -0.384. The number of nitro groups is 1. The minimum Gasteiger partial charge on any atom is -0.468 e. The Bertz CT molecular complexity index is 924. The number of imidazole rings is 1. The van der Waals surface area contributed by atoms with Crippen LogP contribution in [0.2, 0.25) is 0 Å². The van der Waals surface area contributed by atoms with E-state index >= 15 is 0 Å². The highest BCUT2D eigenvalue weighted by Crippen LogP contribution is 2.33. The minimum absolute atomic E-state index is 0.0327. The van der Waals surface area contributed by atoms with Crippen molar-refractivity contribution in [1.82, 2.24) is 9.55 Å². The highest BCUT2D eigenvalue weighted by molar-refractivity contribution is 7.98. The summed E-state index contributed by atoms with van der Waals surface area (Å²) in [6.07, 6.45) is 1.50. The third-order valence-corrected chi connectivity index (χ3v) is 4.75. The first-order chi connectivity index (χ1) is 12.1. The number of hydrogen-bond acceptors (Lipinski definition) is 6. The Hall–Kier alpha value is -2.87. The van der Waals surface area contributed by atoms with Crippen molar-refractivity contribution < 1.29 is 14.5 Å². The summed E-state index contributed by atoms with van der Waals surface area (Å²) in [5, 5.41) is 11.3. The maximum Gasteiger partial charge on any atom is 0.325 e. The molecule has 0 saturated carbocycles. The van der Waals surface area contributed by atoms with Gasteiger partial charge in [0.15, 0.2) is 0 Å². The minimum atomic E-state index is -0.443. The normalized spacial score (nSPS) is 10.8. The van der Waals surface area contributed by atoms with Crippen LogP contribution in [0, 0.1) is 10.1 Å². The molecule has 0 fully saturated rings. The number of aromatic nitrogens is 2. The first kappa shape index (κ1) is 17.0. The van der Waals surface area contributed by atoms with Gasteiger partial charge >= 0.3 is 5.97 Å². The van der Waals surface area contributed by atoms with Gasteiger partial charge in [-0.3, -0.25) is 14.9 Å². The Morgan fingerprint density at radius 2 is 2.08 bits per heavy atom. The first-order valence-electron chi connectivity index (χ1n) is 7.45. The van der Waals surface area contributed by atoms with Crippen molar-refractivity contribution in [2.24, 2.45) is 0 Å². The fraction of sp³-hybridized carbons (Fsp3) is 0.176. The third kappa shape index (κ3) is 3.80. The molecular formula is C17H15N3O4S. The predicted octanol–water partition coefficient (Wildman–Crippen LogP) is 3.41. The third-order valence-electron chi connectivity index (χ3n) is 3.65. The summed E-state index contributed by atoms with van der Waals surface area (Å²) in [4.78, 5) is 27.4. The lowest BCUT2D eigenvalue weighted by Crippen LogP contribution is -2.10. The molecule has 0 aliphatic carbocycles. The molecule has 0 N–H and O–H groups in total. The summed E-state index contributed by atoms with van der Waals surface area (Å²) in [5.74, 6) is 0.227. The number of non-ortho nitro benzene ring substituents is 1. The van der Waals surface area contributed by atoms with Gasteiger partial charge in [-0.05, 0) is 5.56 Å². The molecule has 1 aromatic heterocycles. The maximum absolute atomic E-state index is 11.5. The number of nitrogens with zero attached hydrogens (tertiary/aromatic N) is 3. The molecule has 0 amide bonds. The highest BCUT2D eigenvalue weighted by Gasteiger charge is 2.17. The van der Waals surface area contributed by atoms with Gasteiger partial charge in [-0.1, -0.05) is 30.3 Å². The second-order valence-electron chi connectivity index (χ2n) is 5.29.